The third-order valence-corrected chi connectivity index (χ3v) is 4.40. The van der Waals surface area contributed by atoms with Gasteiger partial charge in [0.1, 0.15) is 5.69 Å². The van der Waals surface area contributed by atoms with Gasteiger partial charge in [-0.1, -0.05) is 18.2 Å². The van der Waals surface area contributed by atoms with E-state index < -0.39 is 29.8 Å². The van der Waals surface area contributed by atoms with Crippen LogP contribution in [-0.2, 0) is 6.18 Å². The van der Waals surface area contributed by atoms with Crippen molar-refractivity contribution in [2.45, 2.75) is 24.7 Å². The van der Waals surface area contributed by atoms with Gasteiger partial charge in [-0.15, -0.1) is 11.3 Å². The van der Waals surface area contributed by atoms with E-state index in [9.17, 15) is 23.1 Å². The average Bonchev–Trinajstić information content (AvgIpc) is 3.15. The predicted octanol–water partition coefficient (Wildman–Crippen LogP) is 3.11. The molecule has 2 heterocycles. The molecule has 1 amide bonds. The van der Waals surface area contributed by atoms with Gasteiger partial charge >= 0.3 is 6.18 Å². The lowest BCUT2D eigenvalue weighted by atomic mass is 9.97. The van der Waals surface area contributed by atoms with Gasteiger partial charge in [0.05, 0.1) is 23.2 Å². The van der Waals surface area contributed by atoms with Crippen LogP contribution in [0.2, 0.25) is 0 Å². The molecule has 122 valence electrons. The number of benzene rings is 1. The van der Waals surface area contributed by atoms with Crippen molar-refractivity contribution in [3.63, 3.8) is 0 Å². The van der Waals surface area contributed by atoms with Crippen molar-refractivity contribution < 1.29 is 23.1 Å². The molecule has 8 heteroatoms. The molecule has 0 aliphatic carbocycles. The minimum Gasteiger partial charge on any atom is -0.391 e. The maximum absolute atomic E-state index is 13.2. The highest BCUT2D eigenvalue weighted by atomic mass is 32.1. The Morgan fingerprint density at radius 2 is 2.09 bits per heavy atom. The Kier molecular flexibility index (Phi) is 4.11. The number of carbonyl (C=O) groups excluding carboxylic acids is 1. The minimum atomic E-state index is -4.51. The number of hydrogen-bond acceptors (Lipinski definition) is 4. The predicted molar refractivity (Wildman–Crippen MR) is 78.0 cm³/mol. The largest absolute Gasteiger partial charge is 0.416 e. The fourth-order valence-electron chi connectivity index (χ4n) is 2.84. The summed E-state index contributed by atoms with van der Waals surface area (Å²) in [5.74, 6) is -0.468. The van der Waals surface area contributed by atoms with E-state index in [1.54, 1.807) is 5.38 Å². The van der Waals surface area contributed by atoms with E-state index in [0.29, 0.717) is 0 Å². The SMILES string of the molecule is O=C(c1cscn1)N1C[C@H](O)C[C@H]1c1ccccc1C(F)(F)F. The Hall–Kier alpha value is -1.93. The highest BCUT2D eigenvalue weighted by molar-refractivity contribution is 7.07. The van der Waals surface area contributed by atoms with Gasteiger partial charge in [-0.3, -0.25) is 4.79 Å². The molecule has 0 spiro atoms. The van der Waals surface area contributed by atoms with Crippen LogP contribution in [0.4, 0.5) is 13.2 Å². The first-order valence-electron chi connectivity index (χ1n) is 6.91. The number of aromatic nitrogens is 1. The molecule has 1 aliphatic rings. The van der Waals surface area contributed by atoms with Gasteiger partial charge in [0.25, 0.3) is 5.91 Å². The number of halogens is 3. The van der Waals surface area contributed by atoms with Gasteiger partial charge in [0, 0.05) is 11.9 Å². The molecule has 1 aromatic heterocycles. The van der Waals surface area contributed by atoms with E-state index >= 15 is 0 Å². The molecule has 1 aromatic carbocycles. The van der Waals surface area contributed by atoms with Gasteiger partial charge < -0.3 is 10.0 Å². The van der Waals surface area contributed by atoms with Crippen molar-refractivity contribution in [3.8, 4) is 0 Å². The molecular formula is C15H13F3N2O2S. The Morgan fingerprint density at radius 1 is 1.35 bits per heavy atom. The average molecular weight is 342 g/mol. The van der Waals surface area contributed by atoms with Crippen LogP contribution in [0.25, 0.3) is 0 Å². The van der Waals surface area contributed by atoms with Gasteiger partial charge in [-0.2, -0.15) is 13.2 Å². The van der Waals surface area contributed by atoms with Crippen molar-refractivity contribution >= 4 is 17.2 Å². The fourth-order valence-corrected chi connectivity index (χ4v) is 3.37. The highest BCUT2D eigenvalue weighted by Gasteiger charge is 2.41. The molecular weight excluding hydrogens is 329 g/mol. The molecule has 0 radical (unpaired) electrons. The first kappa shape index (κ1) is 15.9. The summed E-state index contributed by atoms with van der Waals surface area (Å²) in [5.41, 5.74) is 0.882. The van der Waals surface area contributed by atoms with Crippen LogP contribution in [0.1, 0.15) is 34.1 Å². The maximum Gasteiger partial charge on any atom is 0.416 e. The number of β-amino-alcohol motifs (C(OH)–C–C–N with tert-alkyl or cyclic N) is 1. The molecule has 2 aromatic rings. The smallest absolute Gasteiger partial charge is 0.391 e. The Bertz CT molecular complexity index is 703. The topological polar surface area (TPSA) is 53.4 Å². The second kappa shape index (κ2) is 5.93. The van der Waals surface area contributed by atoms with Crippen LogP contribution in [0.15, 0.2) is 35.2 Å². The molecule has 23 heavy (non-hydrogen) atoms. The van der Waals surface area contributed by atoms with Crippen LogP contribution in [0.3, 0.4) is 0 Å². The molecule has 3 rings (SSSR count). The molecule has 1 aliphatic heterocycles. The van der Waals surface area contributed by atoms with E-state index in [1.807, 2.05) is 0 Å². The van der Waals surface area contributed by atoms with Crippen molar-refractivity contribution in [1.82, 2.24) is 9.88 Å². The van der Waals surface area contributed by atoms with Gasteiger partial charge in [0.2, 0.25) is 0 Å². The first-order chi connectivity index (χ1) is 10.9. The molecule has 0 unspecified atom stereocenters. The number of hydrogen-bond donors (Lipinski definition) is 1. The monoisotopic (exact) mass is 342 g/mol. The summed E-state index contributed by atoms with van der Waals surface area (Å²) in [4.78, 5) is 17.7. The van der Waals surface area contributed by atoms with Gasteiger partial charge in [-0.25, -0.2) is 4.98 Å². The first-order valence-corrected chi connectivity index (χ1v) is 7.85. The Balaban J connectivity index is 2.00. The number of alkyl halides is 3. The zero-order chi connectivity index (χ0) is 16.6. The van der Waals surface area contributed by atoms with Crippen LogP contribution in [0, 0.1) is 0 Å². The number of rotatable bonds is 2. The van der Waals surface area contributed by atoms with Gasteiger partial charge in [0.15, 0.2) is 0 Å². The summed E-state index contributed by atoms with van der Waals surface area (Å²) in [5, 5.41) is 11.4. The number of thiazole rings is 1. The lowest BCUT2D eigenvalue weighted by Gasteiger charge is -2.26. The number of likely N-dealkylation sites (tertiary alicyclic amines) is 1. The quantitative estimate of drug-likeness (QED) is 0.912. The Labute approximate surface area is 134 Å². The van der Waals surface area contributed by atoms with Crippen LogP contribution < -0.4 is 0 Å². The molecule has 1 N–H and O–H groups in total. The molecule has 0 saturated carbocycles. The van der Waals surface area contributed by atoms with Crippen molar-refractivity contribution in [1.29, 1.82) is 0 Å². The number of nitrogens with zero attached hydrogens (tertiary/aromatic N) is 2. The number of amides is 1. The van der Waals surface area contributed by atoms with Gasteiger partial charge in [-0.05, 0) is 18.1 Å². The third-order valence-electron chi connectivity index (χ3n) is 3.82. The molecule has 1 saturated heterocycles. The van der Waals surface area contributed by atoms with Crippen LogP contribution in [-0.4, -0.2) is 33.5 Å². The molecule has 1 fully saturated rings. The molecule has 4 nitrogen and oxygen atoms in total. The Morgan fingerprint density at radius 3 is 2.74 bits per heavy atom. The fraction of sp³-hybridized carbons (Fsp3) is 0.333. The normalized spacial score (nSPS) is 21.7. The van der Waals surface area contributed by atoms with Crippen LogP contribution >= 0.6 is 11.3 Å². The lowest BCUT2D eigenvalue weighted by molar-refractivity contribution is -0.138. The summed E-state index contributed by atoms with van der Waals surface area (Å²) in [6.07, 6.45) is -5.30. The third kappa shape index (κ3) is 3.09. The molecule has 0 bridgehead atoms. The zero-order valence-electron chi connectivity index (χ0n) is 11.8. The minimum absolute atomic E-state index is 0.000120. The second-order valence-corrected chi connectivity index (χ2v) is 6.04. The van der Waals surface area contributed by atoms with Crippen molar-refractivity contribution in [2.24, 2.45) is 0 Å². The zero-order valence-corrected chi connectivity index (χ0v) is 12.6. The van der Waals surface area contributed by atoms with E-state index in [2.05, 4.69) is 4.98 Å². The van der Waals surface area contributed by atoms with E-state index in [0.717, 1.165) is 6.07 Å². The number of aliphatic hydroxyl groups is 1. The lowest BCUT2D eigenvalue weighted by Crippen LogP contribution is -2.32. The summed E-state index contributed by atoms with van der Waals surface area (Å²) in [7, 11) is 0. The van der Waals surface area contributed by atoms with Crippen molar-refractivity contribution in [3.05, 3.63) is 52.0 Å². The second-order valence-electron chi connectivity index (χ2n) is 5.32. The highest BCUT2D eigenvalue weighted by Crippen LogP contribution is 2.40. The number of aliphatic hydroxyl groups excluding tert-OH is 1. The van der Waals surface area contributed by atoms with E-state index in [-0.39, 0.29) is 24.2 Å². The van der Waals surface area contributed by atoms with E-state index in [1.165, 1.54) is 39.9 Å². The summed E-state index contributed by atoms with van der Waals surface area (Å²) in [6.45, 7) is -0.00673. The summed E-state index contributed by atoms with van der Waals surface area (Å²) in [6, 6.07) is 4.33. The van der Waals surface area contributed by atoms with Crippen LogP contribution in [0.5, 0.6) is 0 Å². The number of carbonyl (C=O) groups is 1. The summed E-state index contributed by atoms with van der Waals surface area (Å²) < 4.78 is 39.7. The summed E-state index contributed by atoms with van der Waals surface area (Å²) >= 11 is 1.23. The molecule has 2 atom stereocenters. The van der Waals surface area contributed by atoms with E-state index in [4.69, 9.17) is 0 Å². The maximum atomic E-state index is 13.2. The van der Waals surface area contributed by atoms with Crippen molar-refractivity contribution in [2.75, 3.05) is 6.54 Å². The standard InChI is InChI=1S/C15H13F3N2O2S/c16-15(17,18)11-4-2-1-3-10(11)13-5-9(21)6-20(13)14(22)12-7-23-8-19-12/h1-4,7-9,13,21H,5-6H2/t9-,13+/m1/s1.